The predicted molar refractivity (Wildman–Crippen MR) is 105 cm³/mol. The van der Waals surface area contributed by atoms with Crippen molar-refractivity contribution in [3.63, 3.8) is 0 Å². The minimum Gasteiger partial charge on any atom is -0.494 e. The zero-order valence-electron chi connectivity index (χ0n) is 15.4. The molecule has 136 valence electrons. The van der Waals surface area contributed by atoms with Crippen LogP contribution >= 0.6 is 0 Å². The Labute approximate surface area is 152 Å². The first-order valence-corrected chi connectivity index (χ1v) is 8.93. The molecule has 0 aliphatic carbocycles. The summed E-state index contributed by atoms with van der Waals surface area (Å²) in [6, 6.07) is 5.89. The van der Waals surface area contributed by atoms with E-state index in [4.69, 9.17) is 9.47 Å². The normalized spacial score (nSPS) is 14.7. The van der Waals surface area contributed by atoms with E-state index in [2.05, 4.69) is 0 Å². The molecule has 26 heavy (non-hydrogen) atoms. The second-order valence-corrected chi connectivity index (χ2v) is 6.22. The van der Waals surface area contributed by atoms with Crippen LogP contribution in [0.4, 0.5) is 5.69 Å². The van der Waals surface area contributed by atoms with E-state index in [-0.39, 0.29) is 5.75 Å². The van der Waals surface area contributed by atoms with E-state index in [0.717, 1.165) is 35.5 Å². The van der Waals surface area contributed by atoms with Gasteiger partial charge in [-0.15, -0.1) is 0 Å². The Bertz CT molecular complexity index is 932. The topological polar surface area (TPSA) is 55.8 Å². The van der Waals surface area contributed by atoms with Gasteiger partial charge in [0.1, 0.15) is 5.75 Å². The second kappa shape index (κ2) is 7.60. The Morgan fingerprint density at radius 1 is 1.08 bits per heavy atom. The molecule has 0 unspecified atom stereocenters. The number of rotatable bonds is 7. The molecule has 2 aromatic carbocycles. The summed E-state index contributed by atoms with van der Waals surface area (Å²) >= 11 is 0. The number of ether oxygens (including phenoxy) is 2. The van der Waals surface area contributed by atoms with Crippen LogP contribution in [0.5, 0.6) is 11.5 Å². The molecule has 1 aliphatic heterocycles. The summed E-state index contributed by atoms with van der Waals surface area (Å²) in [6.45, 7) is 5.07. The maximum absolute atomic E-state index is 12.0. The fourth-order valence-corrected chi connectivity index (χ4v) is 2.93. The zero-order chi connectivity index (χ0) is 18.7. The van der Waals surface area contributed by atoms with E-state index in [1.54, 1.807) is 6.08 Å². The molecule has 2 aromatic rings. The molecule has 0 radical (unpaired) electrons. The van der Waals surface area contributed by atoms with Crippen molar-refractivity contribution in [3.8, 4) is 11.5 Å². The van der Waals surface area contributed by atoms with E-state index in [9.17, 15) is 9.59 Å². The van der Waals surface area contributed by atoms with Crippen LogP contribution in [-0.4, -0.2) is 20.3 Å². The smallest absolute Gasteiger partial charge is 0.268 e. The number of hydrogen-bond acceptors (Lipinski definition) is 5. The van der Waals surface area contributed by atoms with Crippen molar-refractivity contribution < 1.29 is 9.47 Å². The van der Waals surface area contributed by atoms with Gasteiger partial charge in [0.15, 0.2) is 5.75 Å². The van der Waals surface area contributed by atoms with Gasteiger partial charge in [-0.05, 0) is 43.7 Å². The molecule has 0 saturated carbocycles. The van der Waals surface area contributed by atoms with Crippen molar-refractivity contribution >= 4 is 17.8 Å². The molecular formula is C21H23NO4. The standard InChI is InChI=1S/C21H23NO4/c1-4-6-11-26-21-17(19(23)20(21)24)13-15-8-7-14-12-16(25-5-2)9-10-18(14)22(15)3/h7-10,12-13H,4-6,11H2,1-3H3/b15-13-. The van der Waals surface area contributed by atoms with E-state index in [1.807, 2.05) is 56.1 Å². The lowest BCUT2D eigenvalue weighted by molar-refractivity contribution is 0.302. The maximum Gasteiger partial charge on any atom is 0.268 e. The number of fused-ring (bicyclic) bond motifs is 1. The molecular weight excluding hydrogens is 330 g/mol. The van der Waals surface area contributed by atoms with Gasteiger partial charge in [0.25, 0.3) is 5.43 Å². The van der Waals surface area contributed by atoms with Crippen LogP contribution in [-0.2, 0) is 0 Å². The Morgan fingerprint density at radius 2 is 1.88 bits per heavy atom. The summed E-state index contributed by atoms with van der Waals surface area (Å²) < 4.78 is 11.0. The van der Waals surface area contributed by atoms with E-state index < -0.39 is 10.9 Å². The van der Waals surface area contributed by atoms with Gasteiger partial charge in [-0.1, -0.05) is 19.4 Å². The van der Waals surface area contributed by atoms with Crippen LogP contribution in [0.3, 0.4) is 0 Å². The molecule has 0 fully saturated rings. The van der Waals surface area contributed by atoms with Crippen molar-refractivity contribution in [3.05, 3.63) is 61.5 Å². The van der Waals surface area contributed by atoms with Gasteiger partial charge < -0.3 is 14.4 Å². The zero-order valence-corrected chi connectivity index (χ0v) is 15.4. The fourth-order valence-electron chi connectivity index (χ4n) is 2.93. The first kappa shape index (κ1) is 18.0. The highest BCUT2D eigenvalue weighted by atomic mass is 16.5. The molecule has 0 amide bonds. The Hall–Kier alpha value is -2.82. The molecule has 0 spiro atoms. The third kappa shape index (κ3) is 3.29. The van der Waals surface area contributed by atoms with E-state index >= 15 is 0 Å². The average molecular weight is 353 g/mol. The summed E-state index contributed by atoms with van der Waals surface area (Å²) in [5.41, 5.74) is 2.22. The Balaban J connectivity index is 1.88. The monoisotopic (exact) mass is 353 g/mol. The minimum absolute atomic E-state index is 0.190. The lowest BCUT2D eigenvalue weighted by Gasteiger charge is -2.27. The van der Waals surface area contributed by atoms with Crippen LogP contribution in [0.25, 0.3) is 12.2 Å². The number of anilines is 1. The molecule has 1 aliphatic rings. The molecule has 0 N–H and O–H groups in total. The fraction of sp³-hybridized carbons (Fsp3) is 0.333. The van der Waals surface area contributed by atoms with Crippen molar-refractivity contribution in [1.82, 2.24) is 0 Å². The quantitative estimate of drug-likeness (QED) is 0.564. The summed E-state index contributed by atoms with van der Waals surface area (Å²) in [7, 11) is 1.93. The maximum atomic E-state index is 12.0. The molecule has 0 bridgehead atoms. The van der Waals surface area contributed by atoms with Gasteiger partial charge in [0, 0.05) is 24.0 Å². The Morgan fingerprint density at radius 3 is 2.62 bits per heavy atom. The molecule has 0 atom stereocenters. The molecule has 1 heterocycles. The average Bonchev–Trinajstić information content (AvgIpc) is 2.65. The number of likely N-dealkylation sites (N-methyl/N-ethyl adjacent to an activating group) is 1. The van der Waals surface area contributed by atoms with E-state index in [0.29, 0.717) is 18.8 Å². The first-order chi connectivity index (χ1) is 12.6. The highest BCUT2D eigenvalue weighted by Crippen LogP contribution is 2.33. The summed E-state index contributed by atoms with van der Waals surface area (Å²) in [5, 5.41) is 0. The van der Waals surface area contributed by atoms with Gasteiger partial charge in [-0.3, -0.25) is 9.59 Å². The predicted octanol–water partition coefficient (Wildman–Crippen LogP) is 3.36. The van der Waals surface area contributed by atoms with Gasteiger partial charge in [0.2, 0.25) is 5.43 Å². The van der Waals surface area contributed by atoms with E-state index in [1.165, 1.54) is 0 Å². The van der Waals surface area contributed by atoms with Gasteiger partial charge in [-0.2, -0.15) is 0 Å². The highest BCUT2D eigenvalue weighted by molar-refractivity contribution is 5.81. The Kier molecular flexibility index (Phi) is 5.26. The largest absolute Gasteiger partial charge is 0.494 e. The lowest BCUT2D eigenvalue weighted by Crippen LogP contribution is -2.36. The van der Waals surface area contributed by atoms with Crippen LogP contribution < -0.4 is 25.2 Å². The third-order valence-corrected chi connectivity index (χ3v) is 4.43. The summed E-state index contributed by atoms with van der Waals surface area (Å²) in [4.78, 5) is 25.7. The van der Waals surface area contributed by atoms with Crippen LogP contribution in [0.15, 0.2) is 39.6 Å². The minimum atomic E-state index is -0.530. The second-order valence-electron chi connectivity index (χ2n) is 6.22. The van der Waals surface area contributed by atoms with Gasteiger partial charge in [0.05, 0.1) is 18.8 Å². The first-order valence-electron chi connectivity index (χ1n) is 8.93. The van der Waals surface area contributed by atoms with Crippen molar-refractivity contribution in [2.75, 3.05) is 25.2 Å². The highest BCUT2D eigenvalue weighted by Gasteiger charge is 2.23. The SMILES string of the molecule is CCCCOc1c(/C=C2/C=Cc3cc(OCC)ccc3N2C)c(=O)c1=O. The summed E-state index contributed by atoms with van der Waals surface area (Å²) in [5.74, 6) is 1.01. The van der Waals surface area contributed by atoms with Gasteiger partial charge in [-0.25, -0.2) is 0 Å². The summed E-state index contributed by atoms with van der Waals surface area (Å²) in [6.07, 6.45) is 7.44. The number of unbranched alkanes of at least 4 members (excludes halogenated alkanes) is 1. The van der Waals surface area contributed by atoms with Crippen molar-refractivity contribution in [1.29, 1.82) is 0 Å². The molecule has 0 saturated heterocycles. The molecule has 0 aromatic heterocycles. The molecule has 3 rings (SSSR count). The number of nitrogens with zero attached hydrogens (tertiary/aromatic N) is 1. The number of benzene rings is 1. The number of allylic oxidation sites excluding steroid dienone is 1. The number of hydrogen-bond donors (Lipinski definition) is 0. The van der Waals surface area contributed by atoms with Crippen LogP contribution in [0.2, 0.25) is 0 Å². The molecule has 5 nitrogen and oxygen atoms in total. The van der Waals surface area contributed by atoms with Crippen molar-refractivity contribution in [2.45, 2.75) is 26.7 Å². The lowest BCUT2D eigenvalue weighted by atomic mass is 10.0. The van der Waals surface area contributed by atoms with Crippen molar-refractivity contribution in [2.24, 2.45) is 0 Å². The van der Waals surface area contributed by atoms with Gasteiger partial charge >= 0.3 is 0 Å². The van der Waals surface area contributed by atoms with Crippen LogP contribution in [0, 0.1) is 0 Å². The third-order valence-electron chi connectivity index (χ3n) is 4.43. The van der Waals surface area contributed by atoms with Crippen LogP contribution in [0.1, 0.15) is 37.8 Å². The molecule has 5 heteroatoms.